The first-order valence-corrected chi connectivity index (χ1v) is 6.04. The number of hydrogen-bond donors (Lipinski definition) is 1. The second kappa shape index (κ2) is 5.54. The number of carbonyl (C=O) groups excluding carboxylic acids is 1. The molecule has 0 bridgehead atoms. The predicted octanol–water partition coefficient (Wildman–Crippen LogP) is 2.00. The van der Waals surface area contributed by atoms with Crippen LogP contribution in [0.4, 0.5) is 0 Å². The monoisotopic (exact) mass is 227 g/mol. The lowest BCUT2D eigenvalue weighted by Crippen LogP contribution is -2.24. The lowest BCUT2D eigenvalue weighted by molar-refractivity contribution is -0.115. The standard InChI is InChI=1S/C15H17NO/c1-2-6-15(17)16-11-14-10-13(14)9-12-7-4-3-5-8-12/h3-5,7-8,13-14H,9-11H2,1H3,(H,16,17). The molecule has 88 valence electrons. The maximum Gasteiger partial charge on any atom is 0.295 e. The molecule has 1 saturated carbocycles. The highest BCUT2D eigenvalue weighted by Crippen LogP contribution is 2.40. The Hall–Kier alpha value is -1.75. The fraction of sp³-hybridized carbons (Fsp3) is 0.400. The highest BCUT2D eigenvalue weighted by atomic mass is 16.1. The Morgan fingerprint density at radius 3 is 2.82 bits per heavy atom. The van der Waals surface area contributed by atoms with Crippen LogP contribution in [-0.2, 0) is 11.2 Å². The molecule has 2 nitrogen and oxygen atoms in total. The molecular weight excluding hydrogens is 210 g/mol. The van der Waals surface area contributed by atoms with Crippen molar-refractivity contribution in [2.45, 2.75) is 19.8 Å². The van der Waals surface area contributed by atoms with Crippen molar-refractivity contribution in [1.82, 2.24) is 5.32 Å². The molecule has 1 fully saturated rings. The van der Waals surface area contributed by atoms with Crippen molar-refractivity contribution in [2.75, 3.05) is 6.54 Å². The number of carbonyl (C=O) groups is 1. The van der Waals surface area contributed by atoms with E-state index in [-0.39, 0.29) is 5.91 Å². The summed E-state index contributed by atoms with van der Waals surface area (Å²) >= 11 is 0. The summed E-state index contributed by atoms with van der Waals surface area (Å²) in [5, 5.41) is 2.85. The Labute approximate surface area is 102 Å². The largest absolute Gasteiger partial charge is 0.345 e. The number of hydrogen-bond acceptors (Lipinski definition) is 1. The average molecular weight is 227 g/mol. The summed E-state index contributed by atoms with van der Waals surface area (Å²) in [5.41, 5.74) is 1.39. The minimum atomic E-state index is -0.155. The van der Waals surface area contributed by atoms with Crippen molar-refractivity contribution in [3.63, 3.8) is 0 Å². The van der Waals surface area contributed by atoms with E-state index < -0.39 is 0 Å². The molecule has 1 aliphatic carbocycles. The smallest absolute Gasteiger partial charge is 0.295 e. The molecule has 2 rings (SSSR count). The minimum Gasteiger partial charge on any atom is -0.345 e. The van der Waals surface area contributed by atoms with Crippen LogP contribution in [0, 0.1) is 23.7 Å². The van der Waals surface area contributed by atoms with Gasteiger partial charge in [0.1, 0.15) is 0 Å². The third kappa shape index (κ3) is 3.64. The lowest BCUT2D eigenvalue weighted by Gasteiger charge is -2.01. The second-order valence-corrected chi connectivity index (χ2v) is 4.53. The highest BCUT2D eigenvalue weighted by Gasteiger charge is 2.36. The van der Waals surface area contributed by atoms with Crippen LogP contribution < -0.4 is 5.32 Å². The van der Waals surface area contributed by atoms with Gasteiger partial charge >= 0.3 is 0 Å². The molecule has 1 aromatic rings. The summed E-state index contributed by atoms with van der Waals surface area (Å²) in [7, 11) is 0. The number of nitrogens with one attached hydrogen (secondary N) is 1. The molecule has 2 unspecified atom stereocenters. The van der Waals surface area contributed by atoms with E-state index in [0.29, 0.717) is 5.92 Å². The molecule has 1 amide bonds. The molecule has 0 radical (unpaired) electrons. The summed E-state index contributed by atoms with van der Waals surface area (Å²) in [5.74, 6) is 6.30. The zero-order chi connectivity index (χ0) is 12.1. The van der Waals surface area contributed by atoms with Gasteiger partial charge in [-0.2, -0.15) is 0 Å². The van der Waals surface area contributed by atoms with Crippen molar-refractivity contribution in [1.29, 1.82) is 0 Å². The molecule has 1 aliphatic rings. The van der Waals surface area contributed by atoms with Gasteiger partial charge in [-0.05, 0) is 43.1 Å². The van der Waals surface area contributed by atoms with E-state index in [9.17, 15) is 4.79 Å². The zero-order valence-corrected chi connectivity index (χ0v) is 10.1. The maximum absolute atomic E-state index is 11.2. The van der Waals surface area contributed by atoms with Gasteiger partial charge in [0.15, 0.2) is 0 Å². The van der Waals surface area contributed by atoms with Crippen molar-refractivity contribution in [2.24, 2.45) is 11.8 Å². The predicted molar refractivity (Wildman–Crippen MR) is 68.2 cm³/mol. The molecule has 17 heavy (non-hydrogen) atoms. The molecular formula is C15H17NO. The molecule has 1 N–H and O–H groups in total. The van der Waals surface area contributed by atoms with Crippen LogP contribution in [0.1, 0.15) is 18.9 Å². The summed E-state index contributed by atoms with van der Waals surface area (Å²) < 4.78 is 0. The molecule has 0 spiro atoms. The average Bonchev–Trinajstić information content (AvgIpc) is 3.07. The fourth-order valence-corrected chi connectivity index (χ4v) is 2.11. The Bertz CT molecular complexity index is 441. The van der Waals surface area contributed by atoms with Crippen molar-refractivity contribution >= 4 is 5.91 Å². The van der Waals surface area contributed by atoms with Gasteiger partial charge in [-0.3, -0.25) is 4.79 Å². The summed E-state index contributed by atoms with van der Waals surface area (Å²) in [6, 6.07) is 10.5. The van der Waals surface area contributed by atoms with E-state index in [1.54, 1.807) is 6.92 Å². The van der Waals surface area contributed by atoms with Gasteiger partial charge in [0, 0.05) is 6.54 Å². The van der Waals surface area contributed by atoms with Crippen molar-refractivity contribution in [3.8, 4) is 11.8 Å². The molecule has 0 saturated heterocycles. The molecule has 0 heterocycles. The third-order valence-corrected chi connectivity index (χ3v) is 3.17. The van der Waals surface area contributed by atoms with Crippen LogP contribution in [0.15, 0.2) is 30.3 Å². The molecule has 0 aliphatic heterocycles. The Balaban J connectivity index is 1.70. The second-order valence-electron chi connectivity index (χ2n) is 4.53. The van der Waals surface area contributed by atoms with E-state index in [0.717, 1.165) is 18.9 Å². The van der Waals surface area contributed by atoms with Gasteiger partial charge in [0.05, 0.1) is 0 Å². The van der Waals surface area contributed by atoms with E-state index in [2.05, 4.69) is 41.4 Å². The third-order valence-electron chi connectivity index (χ3n) is 3.17. The van der Waals surface area contributed by atoms with Gasteiger partial charge in [-0.25, -0.2) is 0 Å². The highest BCUT2D eigenvalue weighted by molar-refractivity contribution is 5.93. The summed E-state index contributed by atoms with van der Waals surface area (Å²) in [6.07, 6.45) is 2.34. The van der Waals surface area contributed by atoms with Crippen molar-refractivity contribution < 1.29 is 4.79 Å². The molecule has 2 heteroatoms. The summed E-state index contributed by atoms with van der Waals surface area (Å²) in [6.45, 7) is 2.44. The first-order chi connectivity index (χ1) is 8.29. The summed E-state index contributed by atoms with van der Waals surface area (Å²) in [4.78, 5) is 11.2. The first kappa shape index (κ1) is 11.7. The SMILES string of the molecule is CC#CC(=O)NCC1CC1Cc1ccccc1. The van der Waals surface area contributed by atoms with Crippen LogP contribution in [-0.4, -0.2) is 12.5 Å². The normalized spacial score (nSPS) is 21.2. The Morgan fingerprint density at radius 1 is 1.35 bits per heavy atom. The quantitative estimate of drug-likeness (QED) is 0.783. The van der Waals surface area contributed by atoms with Crippen molar-refractivity contribution in [3.05, 3.63) is 35.9 Å². The molecule has 2 atom stereocenters. The van der Waals surface area contributed by atoms with Gasteiger partial charge < -0.3 is 5.32 Å². The van der Waals surface area contributed by atoms with Crippen LogP contribution in [0.5, 0.6) is 0 Å². The molecule has 0 aromatic heterocycles. The van der Waals surface area contributed by atoms with E-state index in [1.165, 1.54) is 12.0 Å². The fourth-order valence-electron chi connectivity index (χ4n) is 2.11. The van der Waals surface area contributed by atoms with Gasteiger partial charge in [0.2, 0.25) is 0 Å². The van der Waals surface area contributed by atoms with E-state index >= 15 is 0 Å². The van der Waals surface area contributed by atoms with Gasteiger partial charge in [-0.15, -0.1) is 0 Å². The van der Waals surface area contributed by atoms with Crippen LogP contribution in [0.2, 0.25) is 0 Å². The lowest BCUT2D eigenvalue weighted by atomic mass is 10.1. The topological polar surface area (TPSA) is 29.1 Å². The molecule has 1 aromatic carbocycles. The maximum atomic E-state index is 11.2. The van der Waals surface area contributed by atoms with E-state index in [4.69, 9.17) is 0 Å². The first-order valence-electron chi connectivity index (χ1n) is 6.04. The Kier molecular flexibility index (Phi) is 3.82. The number of rotatable bonds is 4. The Morgan fingerprint density at radius 2 is 2.12 bits per heavy atom. The van der Waals surface area contributed by atoms with Crippen LogP contribution in [0.3, 0.4) is 0 Å². The number of benzene rings is 1. The van der Waals surface area contributed by atoms with Gasteiger partial charge in [0.25, 0.3) is 5.91 Å². The van der Waals surface area contributed by atoms with E-state index in [1.807, 2.05) is 6.07 Å². The van der Waals surface area contributed by atoms with Gasteiger partial charge in [-0.1, -0.05) is 36.3 Å². The minimum absolute atomic E-state index is 0.155. The number of amides is 1. The van der Waals surface area contributed by atoms with Crippen LogP contribution in [0.25, 0.3) is 0 Å². The zero-order valence-electron chi connectivity index (χ0n) is 10.1. The van der Waals surface area contributed by atoms with Crippen LogP contribution >= 0.6 is 0 Å².